The van der Waals surface area contributed by atoms with Gasteiger partial charge in [-0.3, -0.25) is 4.98 Å². The molecule has 0 unspecified atom stereocenters. The molecule has 0 spiro atoms. The Balaban J connectivity index is 1.28. The highest BCUT2D eigenvalue weighted by Crippen LogP contribution is 2.34. The Kier molecular flexibility index (Phi) is 7.87. The molecule has 0 radical (unpaired) electrons. The number of nitrogens with zero attached hydrogens (tertiary/aromatic N) is 4. The zero-order valence-electron chi connectivity index (χ0n) is 26.1. The van der Waals surface area contributed by atoms with Gasteiger partial charge < -0.3 is 0 Å². The minimum absolute atomic E-state index is 0.609. The fourth-order valence-corrected chi connectivity index (χ4v) is 5.90. The Hall–Kier alpha value is -6.52. The predicted molar refractivity (Wildman–Crippen MR) is 196 cm³/mol. The van der Waals surface area contributed by atoms with Gasteiger partial charge in [0.2, 0.25) is 0 Å². The first kappa shape index (κ1) is 28.9. The van der Waals surface area contributed by atoms with E-state index >= 15 is 0 Å². The molecule has 0 saturated carbocycles. The van der Waals surface area contributed by atoms with E-state index in [0.717, 1.165) is 50.1 Å². The van der Waals surface area contributed by atoms with Crippen molar-refractivity contribution in [3.8, 4) is 78.7 Å². The molecule has 0 fully saturated rings. The third kappa shape index (κ3) is 6.15. The first-order valence-corrected chi connectivity index (χ1v) is 16.0. The molecule has 2 heterocycles. The Bertz CT molecular complexity index is 2130. The highest BCUT2D eigenvalue weighted by Gasteiger charge is 2.15. The number of pyridine rings is 1. The van der Waals surface area contributed by atoms with Crippen molar-refractivity contribution in [2.24, 2.45) is 0 Å². The first-order valence-electron chi connectivity index (χ1n) is 16.0. The van der Waals surface area contributed by atoms with Crippen molar-refractivity contribution >= 4 is 0 Å². The van der Waals surface area contributed by atoms with Gasteiger partial charge >= 0.3 is 0 Å². The first-order chi connectivity index (χ1) is 23.8. The van der Waals surface area contributed by atoms with Crippen LogP contribution in [0.4, 0.5) is 0 Å². The molecule has 8 aromatic rings. The summed E-state index contributed by atoms with van der Waals surface area (Å²) in [7, 11) is 0. The van der Waals surface area contributed by atoms with Gasteiger partial charge in [0.05, 0.1) is 0 Å². The number of benzene rings is 6. The van der Waals surface area contributed by atoms with Crippen molar-refractivity contribution in [2.45, 2.75) is 0 Å². The fourth-order valence-electron chi connectivity index (χ4n) is 5.90. The molecule has 4 nitrogen and oxygen atoms in total. The van der Waals surface area contributed by atoms with E-state index in [1.54, 1.807) is 6.20 Å². The van der Waals surface area contributed by atoms with Crippen LogP contribution < -0.4 is 0 Å². The van der Waals surface area contributed by atoms with E-state index in [4.69, 9.17) is 15.0 Å². The van der Waals surface area contributed by atoms with Crippen LogP contribution in [0.1, 0.15) is 0 Å². The molecular weight excluding hydrogens is 585 g/mol. The number of aromatic nitrogens is 4. The van der Waals surface area contributed by atoms with E-state index in [-0.39, 0.29) is 0 Å². The van der Waals surface area contributed by atoms with Gasteiger partial charge in [0.15, 0.2) is 17.5 Å². The maximum atomic E-state index is 5.10. The lowest BCUT2D eigenvalue weighted by Gasteiger charge is -2.13. The predicted octanol–water partition coefficient (Wildman–Crippen LogP) is 10.9. The van der Waals surface area contributed by atoms with Crippen LogP contribution in [0.5, 0.6) is 0 Å². The molecule has 0 amide bonds. The van der Waals surface area contributed by atoms with Crippen molar-refractivity contribution < 1.29 is 0 Å². The lowest BCUT2D eigenvalue weighted by Crippen LogP contribution is -2.00. The fraction of sp³-hybridized carbons (Fsp3) is 0. The largest absolute Gasteiger partial charge is 0.264 e. The van der Waals surface area contributed by atoms with Crippen LogP contribution in [0, 0.1) is 0 Å². The summed E-state index contributed by atoms with van der Waals surface area (Å²) in [6.07, 6.45) is 3.68. The van der Waals surface area contributed by atoms with Crippen molar-refractivity contribution in [3.05, 3.63) is 182 Å². The zero-order valence-corrected chi connectivity index (χ0v) is 26.1. The van der Waals surface area contributed by atoms with Crippen molar-refractivity contribution in [2.75, 3.05) is 0 Å². The molecule has 2 aromatic heterocycles. The number of hydrogen-bond acceptors (Lipinski definition) is 4. The summed E-state index contributed by atoms with van der Waals surface area (Å²) in [4.78, 5) is 19.6. The third-order valence-corrected chi connectivity index (χ3v) is 8.43. The number of hydrogen-bond donors (Lipinski definition) is 0. The third-order valence-electron chi connectivity index (χ3n) is 8.43. The lowest BCUT2D eigenvalue weighted by molar-refractivity contribution is 1.07. The van der Waals surface area contributed by atoms with Gasteiger partial charge in [0.25, 0.3) is 0 Å². The average Bonchev–Trinajstić information content (AvgIpc) is 3.19. The quantitative estimate of drug-likeness (QED) is 0.179. The Morgan fingerprint density at radius 1 is 0.250 bits per heavy atom. The van der Waals surface area contributed by atoms with E-state index in [9.17, 15) is 0 Å². The molecule has 226 valence electrons. The maximum absolute atomic E-state index is 5.10. The van der Waals surface area contributed by atoms with Crippen LogP contribution in [0.25, 0.3) is 78.7 Å². The molecule has 8 rings (SSSR count). The number of rotatable bonds is 7. The van der Waals surface area contributed by atoms with Gasteiger partial charge in [-0.25, -0.2) is 15.0 Å². The highest BCUT2D eigenvalue weighted by molar-refractivity contribution is 5.80. The van der Waals surface area contributed by atoms with Crippen molar-refractivity contribution in [3.63, 3.8) is 0 Å². The minimum Gasteiger partial charge on any atom is -0.264 e. The van der Waals surface area contributed by atoms with Crippen LogP contribution in [0.2, 0.25) is 0 Å². The minimum atomic E-state index is 0.609. The molecular formula is C44H30N4. The molecule has 0 bridgehead atoms. The van der Waals surface area contributed by atoms with Gasteiger partial charge in [-0.05, 0) is 63.2 Å². The topological polar surface area (TPSA) is 51.6 Å². The smallest absolute Gasteiger partial charge is 0.164 e. The van der Waals surface area contributed by atoms with Crippen LogP contribution in [0.15, 0.2) is 182 Å². The standard InChI is InChI=1S/C44H30N4/c1-4-11-31(12-5-1)34-18-22-36(23-19-34)42-46-43(37-24-20-35(21-25-37)32-13-6-2-7-14-32)48-44(47-42)41-28-39(33-15-8-3-9-16-33)27-40(29-41)38-17-10-26-45-30-38/h1-30H. The Morgan fingerprint density at radius 3 is 1.02 bits per heavy atom. The second-order valence-corrected chi connectivity index (χ2v) is 11.6. The van der Waals surface area contributed by atoms with E-state index in [1.165, 1.54) is 11.1 Å². The zero-order chi connectivity index (χ0) is 32.1. The van der Waals surface area contributed by atoms with Crippen LogP contribution in [0.3, 0.4) is 0 Å². The summed E-state index contributed by atoms with van der Waals surface area (Å²) < 4.78 is 0. The van der Waals surface area contributed by atoms with E-state index in [2.05, 4.69) is 151 Å². The summed E-state index contributed by atoms with van der Waals surface area (Å²) >= 11 is 0. The molecule has 0 saturated heterocycles. The van der Waals surface area contributed by atoms with Crippen molar-refractivity contribution in [1.82, 2.24) is 19.9 Å². The summed E-state index contributed by atoms with van der Waals surface area (Å²) in [6.45, 7) is 0. The van der Waals surface area contributed by atoms with Gasteiger partial charge in [-0.2, -0.15) is 0 Å². The lowest BCUT2D eigenvalue weighted by atomic mass is 9.96. The molecule has 0 aliphatic rings. The monoisotopic (exact) mass is 614 g/mol. The second kappa shape index (κ2) is 13.1. The Labute approximate surface area is 280 Å². The summed E-state index contributed by atoms with van der Waals surface area (Å²) in [6, 6.07) is 58.5. The van der Waals surface area contributed by atoms with Crippen LogP contribution in [-0.2, 0) is 0 Å². The van der Waals surface area contributed by atoms with Gasteiger partial charge in [0, 0.05) is 34.6 Å². The van der Waals surface area contributed by atoms with E-state index in [0.29, 0.717) is 17.5 Å². The van der Waals surface area contributed by atoms with E-state index < -0.39 is 0 Å². The SMILES string of the molecule is c1ccc(-c2ccc(-c3nc(-c4ccc(-c5ccccc5)cc4)nc(-c4cc(-c5ccccc5)cc(-c5cccnc5)c4)n3)cc2)cc1. The molecule has 4 heteroatoms. The van der Waals surface area contributed by atoms with Gasteiger partial charge in [-0.15, -0.1) is 0 Å². The average molecular weight is 615 g/mol. The van der Waals surface area contributed by atoms with Crippen LogP contribution in [-0.4, -0.2) is 19.9 Å². The molecule has 48 heavy (non-hydrogen) atoms. The van der Waals surface area contributed by atoms with Crippen LogP contribution >= 0.6 is 0 Å². The molecule has 0 N–H and O–H groups in total. The summed E-state index contributed by atoms with van der Waals surface area (Å²) in [5, 5.41) is 0. The molecule has 0 atom stereocenters. The molecule has 6 aromatic carbocycles. The highest BCUT2D eigenvalue weighted by atomic mass is 15.0. The van der Waals surface area contributed by atoms with Gasteiger partial charge in [-0.1, -0.05) is 146 Å². The maximum Gasteiger partial charge on any atom is 0.164 e. The Morgan fingerprint density at radius 2 is 0.583 bits per heavy atom. The molecule has 0 aliphatic heterocycles. The normalized spacial score (nSPS) is 10.9. The summed E-state index contributed by atoms with van der Waals surface area (Å²) in [5.74, 6) is 1.85. The van der Waals surface area contributed by atoms with Crippen molar-refractivity contribution in [1.29, 1.82) is 0 Å². The van der Waals surface area contributed by atoms with E-state index in [1.807, 2.05) is 30.5 Å². The van der Waals surface area contributed by atoms with Gasteiger partial charge in [0.1, 0.15) is 0 Å². The second-order valence-electron chi connectivity index (χ2n) is 11.6. The summed E-state index contributed by atoms with van der Waals surface area (Å²) in [5.41, 5.74) is 11.6. The molecule has 0 aliphatic carbocycles.